The summed E-state index contributed by atoms with van der Waals surface area (Å²) in [5.41, 5.74) is 2.08. The molecule has 4 heteroatoms. The standard InChI is InChI=1S/C14H22N2O2/c1-10(2)12-8-11(6-7-13(12)18-5)15-9-14(17)16(3)4/h6-8,10,15H,9H2,1-5H3. The fourth-order valence-electron chi connectivity index (χ4n) is 1.63. The first-order valence-electron chi connectivity index (χ1n) is 6.07. The Hall–Kier alpha value is -1.71. The molecule has 0 aliphatic heterocycles. The lowest BCUT2D eigenvalue weighted by Gasteiger charge is -2.15. The topological polar surface area (TPSA) is 41.6 Å². The van der Waals surface area contributed by atoms with Gasteiger partial charge in [-0.1, -0.05) is 13.8 Å². The Bertz CT molecular complexity index is 414. The number of anilines is 1. The SMILES string of the molecule is COc1ccc(NCC(=O)N(C)C)cc1C(C)C. The highest BCUT2D eigenvalue weighted by Crippen LogP contribution is 2.28. The lowest BCUT2D eigenvalue weighted by atomic mass is 10.0. The summed E-state index contributed by atoms with van der Waals surface area (Å²) in [7, 11) is 5.17. The van der Waals surface area contributed by atoms with Gasteiger partial charge in [0.1, 0.15) is 5.75 Å². The maximum Gasteiger partial charge on any atom is 0.241 e. The quantitative estimate of drug-likeness (QED) is 0.872. The van der Waals surface area contributed by atoms with E-state index in [1.165, 1.54) is 0 Å². The Kier molecular flexibility index (Phi) is 5.01. The number of benzene rings is 1. The second-order valence-electron chi connectivity index (χ2n) is 4.75. The molecule has 0 unspecified atom stereocenters. The zero-order chi connectivity index (χ0) is 13.7. The van der Waals surface area contributed by atoms with Crippen LogP contribution in [0.3, 0.4) is 0 Å². The van der Waals surface area contributed by atoms with Gasteiger partial charge in [0.15, 0.2) is 0 Å². The molecule has 1 rings (SSSR count). The first kappa shape index (κ1) is 14.4. The molecule has 0 aliphatic rings. The first-order chi connectivity index (χ1) is 8.45. The highest BCUT2D eigenvalue weighted by atomic mass is 16.5. The van der Waals surface area contributed by atoms with Crippen molar-refractivity contribution >= 4 is 11.6 Å². The van der Waals surface area contributed by atoms with E-state index in [1.54, 1.807) is 26.1 Å². The summed E-state index contributed by atoms with van der Waals surface area (Å²) in [5.74, 6) is 1.32. The molecule has 0 atom stereocenters. The van der Waals surface area contributed by atoms with Gasteiger partial charge in [-0.15, -0.1) is 0 Å². The largest absolute Gasteiger partial charge is 0.496 e. The number of amides is 1. The van der Waals surface area contributed by atoms with Gasteiger partial charge in [0, 0.05) is 19.8 Å². The molecule has 0 heterocycles. The molecule has 0 saturated carbocycles. The van der Waals surface area contributed by atoms with Crippen LogP contribution in [0.15, 0.2) is 18.2 Å². The summed E-state index contributed by atoms with van der Waals surface area (Å²) < 4.78 is 5.32. The summed E-state index contributed by atoms with van der Waals surface area (Å²) in [4.78, 5) is 13.1. The molecule has 0 fully saturated rings. The molecular weight excluding hydrogens is 228 g/mol. The number of likely N-dealkylation sites (N-methyl/N-ethyl adjacent to an activating group) is 1. The highest BCUT2D eigenvalue weighted by molar-refractivity contribution is 5.80. The van der Waals surface area contributed by atoms with Crippen molar-refractivity contribution < 1.29 is 9.53 Å². The second-order valence-corrected chi connectivity index (χ2v) is 4.75. The predicted molar refractivity (Wildman–Crippen MR) is 74.3 cm³/mol. The lowest BCUT2D eigenvalue weighted by Crippen LogP contribution is -2.28. The van der Waals surface area contributed by atoms with Crippen molar-refractivity contribution in [1.29, 1.82) is 0 Å². The molecule has 0 radical (unpaired) electrons. The summed E-state index contributed by atoms with van der Waals surface area (Å²) in [5, 5.41) is 3.13. The Labute approximate surface area is 109 Å². The molecule has 1 amide bonds. The van der Waals surface area contributed by atoms with Crippen LogP contribution >= 0.6 is 0 Å². The smallest absolute Gasteiger partial charge is 0.241 e. The number of carbonyl (C=O) groups is 1. The van der Waals surface area contributed by atoms with Crippen LogP contribution in [0.5, 0.6) is 5.75 Å². The van der Waals surface area contributed by atoms with Crippen LogP contribution in [0.25, 0.3) is 0 Å². The Morgan fingerprint density at radius 1 is 1.39 bits per heavy atom. The summed E-state index contributed by atoms with van der Waals surface area (Å²) in [6.07, 6.45) is 0. The van der Waals surface area contributed by atoms with Gasteiger partial charge in [-0.3, -0.25) is 4.79 Å². The molecule has 4 nitrogen and oxygen atoms in total. The fourth-order valence-corrected chi connectivity index (χ4v) is 1.63. The minimum atomic E-state index is 0.0527. The van der Waals surface area contributed by atoms with Crippen LogP contribution in [0, 0.1) is 0 Å². The number of carbonyl (C=O) groups excluding carboxylic acids is 1. The second kappa shape index (κ2) is 6.28. The zero-order valence-electron chi connectivity index (χ0n) is 11.8. The molecule has 0 aromatic heterocycles. The monoisotopic (exact) mass is 250 g/mol. The van der Waals surface area contributed by atoms with Crippen molar-refractivity contribution in [3.63, 3.8) is 0 Å². The number of nitrogens with zero attached hydrogens (tertiary/aromatic N) is 1. The number of hydrogen-bond donors (Lipinski definition) is 1. The third-order valence-corrected chi connectivity index (χ3v) is 2.79. The van der Waals surface area contributed by atoms with E-state index in [9.17, 15) is 4.79 Å². The molecular formula is C14H22N2O2. The zero-order valence-corrected chi connectivity index (χ0v) is 11.8. The summed E-state index contributed by atoms with van der Waals surface area (Å²) >= 11 is 0. The molecule has 0 aliphatic carbocycles. The van der Waals surface area contributed by atoms with Gasteiger partial charge in [-0.05, 0) is 29.7 Å². The van der Waals surface area contributed by atoms with Crippen molar-refractivity contribution in [2.45, 2.75) is 19.8 Å². The minimum Gasteiger partial charge on any atom is -0.496 e. The van der Waals surface area contributed by atoms with Gasteiger partial charge >= 0.3 is 0 Å². The number of ether oxygens (including phenoxy) is 1. The summed E-state index contributed by atoms with van der Waals surface area (Å²) in [6, 6.07) is 5.89. The van der Waals surface area contributed by atoms with E-state index in [2.05, 4.69) is 19.2 Å². The van der Waals surface area contributed by atoms with E-state index in [0.29, 0.717) is 12.5 Å². The van der Waals surface area contributed by atoms with Crippen LogP contribution in [0.2, 0.25) is 0 Å². The average molecular weight is 250 g/mol. The van der Waals surface area contributed by atoms with E-state index in [-0.39, 0.29) is 5.91 Å². The number of nitrogens with one attached hydrogen (secondary N) is 1. The van der Waals surface area contributed by atoms with Gasteiger partial charge in [0.2, 0.25) is 5.91 Å². The van der Waals surface area contributed by atoms with Gasteiger partial charge < -0.3 is 15.0 Å². The first-order valence-corrected chi connectivity index (χ1v) is 6.07. The van der Waals surface area contributed by atoms with Crippen molar-refractivity contribution in [3.8, 4) is 5.75 Å². The van der Waals surface area contributed by atoms with Gasteiger partial charge in [0.25, 0.3) is 0 Å². The van der Waals surface area contributed by atoms with Crippen LogP contribution in [0.1, 0.15) is 25.3 Å². The number of rotatable bonds is 5. The van der Waals surface area contributed by atoms with Crippen LogP contribution in [-0.4, -0.2) is 38.6 Å². The van der Waals surface area contributed by atoms with Crippen LogP contribution in [-0.2, 0) is 4.79 Å². The van der Waals surface area contributed by atoms with E-state index in [1.807, 2.05) is 18.2 Å². The fraction of sp³-hybridized carbons (Fsp3) is 0.500. The molecule has 1 aromatic rings. The van der Waals surface area contributed by atoms with Crippen molar-refractivity contribution in [3.05, 3.63) is 23.8 Å². The van der Waals surface area contributed by atoms with Crippen molar-refractivity contribution in [2.24, 2.45) is 0 Å². The minimum absolute atomic E-state index is 0.0527. The third kappa shape index (κ3) is 3.65. The number of methoxy groups -OCH3 is 1. The molecule has 0 spiro atoms. The molecule has 1 N–H and O–H groups in total. The summed E-state index contributed by atoms with van der Waals surface area (Å²) in [6.45, 7) is 4.54. The van der Waals surface area contributed by atoms with E-state index in [4.69, 9.17) is 4.74 Å². The van der Waals surface area contributed by atoms with E-state index < -0.39 is 0 Å². The Balaban J connectivity index is 2.79. The molecule has 100 valence electrons. The predicted octanol–water partition coefficient (Wildman–Crippen LogP) is 2.32. The maximum absolute atomic E-state index is 11.5. The highest BCUT2D eigenvalue weighted by Gasteiger charge is 2.09. The Morgan fingerprint density at radius 2 is 2.06 bits per heavy atom. The van der Waals surface area contributed by atoms with Gasteiger partial charge in [-0.2, -0.15) is 0 Å². The molecule has 1 aromatic carbocycles. The van der Waals surface area contributed by atoms with E-state index >= 15 is 0 Å². The van der Waals surface area contributed by atoms with E-state index in [0.717, 1.165) is 17.0 Å². The van der Waals surface area contributed by atoms with Gasteiger partial charge in [-0.25, -0.2) is 0 Å². The van der Waals surface area contributed by atoms with Crippen molar-refractivity contribution in [1.82, 2.24) is 4.90 Å². The molecule has 0 bridgehead atoms. The maximum atomic E-state index is 11.5. The Morgan fingerprint density at radius 3 is 2.56 bits per heavy atom. The normalized spacial score (nSPS) is 10.3. The van der Waals surface area contributed by atoms with Crippen LogP contribution in [0.4, 0.5) is 5.69 Å². The third-order valence-electron chi connectivity index (χ3n) is 2.79. The van der Waals surface area contributed by atoms with Crippen LogP contribution < -0.4 is 10.1 Å². The molecule has 18 heavy (non-hydrogen) atoms. The lowest BCUT2D eigenvalue weighted by molar-refractivity contribution is -0.126. The van der Waals surface area contributed by atoms with Crippen molar-refractivity contribution in [2.75, 3.05) is 33.1 Å². The number of hydrogen-bond acceptors (Lipinski definition) is 3. The average Bonchev–Trinajstić information content (AvgIpc) is 2.35. The van der Waals surface area contributed by atoms with Gasteiger partial charge in [0.05, 0.1) is 13.7 Å². The molecule has 0 saturated heterocycles.